The molecule has 2 rings (SSSR count). The fourth-order valence-electron chi connectivity index (χ4n) is 2.01. The van der Waals surface area contributed by atoms with E-state index in [1.54, 1.807) is 4.68 Å². The van der Waals surface area contributed by atoms with Gasteiger partial charge in [-0.2, -0.15) is 0 Å². The molecule has 2 aromatic rings. The monoisotopic (exact) mass is 303 g/mol. The SMILES string of the molecule is Cc1c(CCC(=O)O)nnn1-c1ccc(OCC(C)C)cc1. The Hall–Kier alpha value is -2.37. The molecule has 22 heavy (non-hydrogen) atoms. The van der Waals surface area contributed by atoms with Gasteiger partial charge in [0.05, 0.1) is 30.1 Å². The summed E-state index contributed by atoms with van der Waals surface area (Å²) in [4.78, 5) is 10.6. The van der Waals surface area contributed by atoms with Crippen LogP contribution in [-0.2, 0) is 11.2 Å². The zero-order valence-corrected chi connectivity index (χ0v) is 13.1. The van der Waals surface area contributed by atoms with Crippen LogP contribution in [0.25, 0.3) is 5.69 Å². The Morgan fingerprint density at radius 3 is 2.59 bits per heavy atom. The van der Waals surface area contributed by atoms with E-state index in [2.05, 4.69) is 24.2 Å². The first kappa shape index (κ1) is 16.0. The maximum Gasteiger partial charge on any atom is 0.303 e. The van der Waals surface area contributed by atoms with Gasteiger partial charge in [-0.1, -0.05) is 19.1 Å². The van der Waals surface area contributed by atoms with Crippen LogP contribution in [0.3, 0.4) is 0 Å². The number of ether oxygens (including phenoxy) is 1. The van der Waals surface area contributed by atoms with E-state index in [-0.39, 0.29) is 6.42 Å². The van der Waals surface area contributed by atoms with Gasteiger partial charge in [-0.3, -0.25) is 4.79 Å². The summed E-state index contributed by atoms with van der Waals surface area (Å²) in [5.74, 6) is 0.468. The highest BCUT2D eigenvalue weighted by Crippen LogP contribution is 2.18. The summed E-state index contributed by atoms with van der Waals surface area (Å²) in [7, 11) is 0. The molecule has 0 saturated carbocycles. The van der Waals surface area contributed by atoms with Gasteiger partial charge in [-0.25, -0.2) is 4.68 Å². The number of rotatable bonds is 7. The number of carbonyl (C=O) groups is 1. The molecule has 0 aliphatic heterocycles. The van der Waals surface area contributed by atoms with E-state index in [9.17, 15) is 4.79 Å². The van der Waals surface area contributed by atoms with Crippen LogP contribution < -0.4 is 4.74 Å². The van der Waals surface area contributed by atoms with Crippen molar-refractivity contribution < 1.29 is 14.6 Å². The van der Waals surface area contributed by atoms with Gasteiger partial charge in [0.15, 0.2) is 0 Å². The van der Waals surface area contributed by atoms with Crippen LogP contribution in [0.2, 0.25) is 0 Å². The first-order valence-electron chi connectivity index (χ1n) is 7.33. The molecule has 0 spiro atoms. The van der Waals surface area contributed by atoms with Gasteiger partial charge in [0.2, 0.25) is 0 Å². The molecular formula is C16H21N3O3. The fraction of sp³-hybridized carbons (Fsp3) is 0.438. The number of hydrogen-bond acceptors (Lipinski definition) is 4. The molecule has 118 valence electrons. The minimum absolute atomic E-state index is 0.0571. The third kappa shape index (κ3) is 4.07. The molecule has 0 saturated heterocycles. The minimum atomic E-state index is -0.833. The molecule has 0 aliphatic carbocycles. The Labute approximate surface area is 129 Å². The van der Waals surface area contributed by atoms with Crippen molar-refractivity contribution in [2.75, 3.05) is 6.61 Å². The highest BCUT2D eigenvalue weighted by atomic mass is 16.5. The molecule has 1 aromatic heterocycles. The van der Waals surface area contributed by atoms with Gasteiger partial charge in [0, 0.05) is 6.42 Å². The Morgan fingerprint density at radius 2 is 2.00 bits per heavy atom. The summed E-state index contributed by atoms with van der Waals surface area (Å²) in [5, 5.41) is 16.9. The van der Waals surface area contributed by atoms with E-state index in [0.717, 1.165) is 17.1 Å². The van der Waals surface area contributed by atoms with Crippen molar-refractivity contribution in [2.45, 2.75) is 33.6 Å². The maximum absolute atomic E-state index is 10.6. The van der Waals surface area contributed by atoms with E-state index in [4.69, 9.17) is 9.84 Å². The van der Waals surface area contributed by atoms with Crippen molar-refractivity contribution in [1.29, 1.82) is 0 Å². The summed E-state index contributed by atoms with van der Waals surface area (Å²) < 4.78 is 7.36. The first-order valence-corrected chi connectivity index (χ1v) is 7.33. The van der Waals surface area contributed by atoms with Crippen molar-refractivity contribution in [3.8, 4) is 11.4 Å². The van der Waals surface area contributed by atoms with Gasteiger partial charge in [0.25, 0.3) is 0 Å². The highest BCUT2D eigenvalue weighted by molar-refractivity contribution is 5.67. The lowest BCUT2D eigenvalue weighted by Crippen LogP contribution is -2.05. The second-order valence-corrected chi connectivity index (χ2v) is 5.63. The van der Waals surface area contributed by atoms with E-state index in [0.29, 0.717) is 24.6 Å². The lowest BCUT2D eigenvalue weighted by atomic mass is 10.2. The predicted octanol–water partition coefficient (Wildman–Crippen LogP) is 2.63. The normalized spacial score (nSPS) is 10.9. The van der Waals surface area contributed by atoms with Gasteiger partial charge >= 0.3 is 5.97 Å². The van der Waals surface area contributed by atoms with Crippen molar-refractivity contribution in [2.24, 2.45) is 5.92 Å². The lowest BCUT2D eigenvalue weighted by molar-refractivity contribution is -0.136. The number of carboxylic acid groups (broad SMARTS) is 1. The minimum Gasteiger partial charge on any atom is -0.493 e. The molecule has 1 heterocycles. The van der Waals surface area contributed by atoms with E-state index >= 15 is 0 Å². The molecule has 0 radical (unpaired) electrons. The zero-order valence-electron chi connectivity index (χ0n) is 13.1. The third-order valence-electron chi connectivity index (χ3n) is 3.23. The van der Waals surface area contributed by atoms with Gasteiger partial charge < -0.3 is 9.84 Å². The molecule has 0 atom stereocenters. The smallest absolute Gasteiger partial charge is 0.303 e. The maximum atomic E-state index is 10.6. The van der Waals surface area contributed by atoms with Crippen LogP contribution in [0, 0.1) is 12.8 Å². The molecule has 0 aliphatic rings. The number of benzene rings is 1. The second kappa shape index (κ2) is 7.06. The van der Waals surface area contributed by atoms with Gasteiger partial charge in [0.1, 0.15) is 5.75 Å². The average molecular weight is 303 g/mol. The van der Waals surface area contributed by atoms with Crippen LogP contribution in [0.5, 0.6) is 5.75 Å². The number of aryl methyl sites for hydroxylation is 1. The van der Waals surface area contributed by atoms with E-state index in [1.165, 1.54) is 0 Å². The van der Waals surface area contributed by atoms with Crippen LogP contribution in [0.15, 0.2) is 24.3 Å². The molecule has 6 nitrogen and oxygen atoms in total. The molecule has 0 bridgehead atoms. The fourth-order valence-corrected chi connectivity index (χ4v) is 2.01. The molecule has 0 fully saturated rings. The topological polar surface area (TPSA) is 77.2 Å². The average Bonchev–Trinajstić information content (AvgIpc) is 2.84. The Balaban J connectivity index is 2.10. The summed E-state index contributed by atoms with van der Waals surface area (Å²) in [6.45, 7) is 6.78. The van der Waals surface area contributed by atoms with Crippen LogP contribution in [0.1, 0.15) is 31.7 Å². The van der Waals surface area contributed by atoms with Crippen LogP contribution in [0.4, 0.5) is 0 Å². The molecule has 0 unspecified atom stereocenters. The molecule has 1 aromatic carbocycles. The van der Waals surface area contributed by atoms with Crippen molar-refractivity contribution in [3.05, 3.63) is 35.7 Å². The Morgan fingerprint density at radius 1 is 1.32 bits per heavy atom. The van der Waals surface area contributed by atoms with E-state index < -0.39 is 5.97 Å². The Kier molecular flexibility index (Phi) is 5.14. The van der Waals surface area contributed by atoms with Crippen molar-refractivity contribution in [1.82, 2.24) is 15.0 Å². The van der Waals surface area contributed by atoms with Gasteiger partial charge in [-0.15, -0.1) is 5.10 Å². The van der Waals surface area contributed by atoms with Crippen LogP contribution >= 0.6 is 0 Å². The predicted molar refractivity (Wildman–Crippen MR) is 82.4 cm³/mol. The zero-order chi connectivity index (χ0) is 16.1. The number of nitrogens with zero attached hydrogens (tertiary/aromatic N) is 3. The molecule has 1 N–H and O–H groups in total. The highest BCUT2D eigenvalue weighted by Gasteiger charge is 2.11. The molecular weight excluding hydrogens is 282 g/mol. The number of carboxylic acids is 1. The largest absolute Gasteiger partial charge is 0.493 e. The van der Waals surface area contributed by atoms with Gasteiger partial charge in [-0.05, 0) is 37.1 Å². The second-order valence-electron chi connectivity index (χ2n) is 5.63. The number of aliphatic carboxylic acids is 1. The quantitative estimate of drug-likeness (QED) is 0.850. The number of hydrogen-bond donors (Lipinski definition) is 1. The standard InChI is InChI=1S/C16H21N3O3/c1-11(2)10-22-14-6-4-13(5-7-14)19-12(3)15(17-18-19)8-9-16(20)21/h4-7,11H,8-10H2,1-3H3,(H,20,21). The van der Waals surface area contributed by atoms with Crippen molar-refractivity contribution >= 4 is 5.97 Å². The van der Waals surface area contributed by atoms with Crippen LogP contribution in [-0.4, -0.2) is 32.7 Å². The van der Waals surface area contributed by atoms with Crippen molar-refractivity contribution in [3.63, 3.8) is 0 Å². The summed E-state index contributed by atoms with van der Waals surface area (Å²) >= 11 is 0. The summed E-state index contributed by atoms with van der Waals surface area (Å²) in [6.07, 6.45) is 0.443. The number of aromatic nitrogens is 3. The lowest BCUT2D eigenvalue weighted by Gasteiger charge is -2.09. The van der Waals surface area contributed by atoms with E-state index in [1.807, 2.05) is 31.2 Å². The Bertz CT molecular complexity index is 633. The third-order valence-corrected chi connectivity index (χ3v) is 3.23. The molecule has 6 heteroatoms. The summed E-state index contributed by atoms with van der Waals surface area (Å²) in [5.41, 5.74) is 2.45. The summed E-state index contributed by atoms with van der Waals surface area (Å²) in [6, 6.07) is 7.63. The molecule has 0 amide bonds. The first-order chi connectivity index (χ1) is 10.5.